The number of carbonyl (C=O) groups is 1. The fraction of sp³-hybridized carbons (Fsp3) is 0.111. The predicted octanol–water partition coefficient (Wildman–Crippen LogP) is 3.32. The molecule has 0 saturated heterocycles. The third-order valence-electron chi connectivity index (χ3n) is 1.68. The van der Waals surface area contributed by atoms with Crippen LogP contribution in [0.25, 0.3) is 0 Å². The number of rotatable bonds is 1. The van der Waals surface area contributed by atoms with E-state index in [1.165, 1.54) is 6.07 Å². The lowest BCUT2D eigenvalue weighted by Gasteiger charge is -2.10. The molecule has 0 fully saturated rings. The second kappa shape index (κ2) is 5.10. The first-order valence-corrected chi connectivity index (χ1v) is 5.48. The lowest BCUT2D eigenvalue weighted by Crippen LogP contribution is -2.30. The first kappa shape index (κ1) is 14.1. The number of carbonyl (C=O) groups excluding carboxylic acids is 1. The number of alkyl halides is 3. The van der Waals surface area contributed by atoms with Crippen LogP contribution in [0.2, 0.25) is 5.02 Å². The lowest BCUT2D eigenvalue weighted by atomic mass is 10.2. The molecule has 0 aromatic heterocycles. The Labute approximate surface area is 113 Å². The average Bonchev–Trinajstić information content (AvgIpc) is 2.20. The number of hydrogen-bond donors (Lipinski definition) is 1. The zero-order valence-electron chi connectivity index (χ0n) is 7.90. The third kappa shape index (κ3) is 3.47. The topological polar surface area (TPSA) is 52.9 Å². The van der Waals surface area contributed by atoms with Gasteiger partial charge in [0.1, 0.15) is 6.07 Å². The molecule has 8 heteroatoms. The van der Waals surface area contributed by atoms with E-state index < -0.39 is 12.1 Å². The highest BCUT2D eigenvalue weighted by atomic mass is 127. The molecule has 1 aromatic carbocycles. The predicted molar refractivity (Wildman–Crippen MR) is 63.6 cm³/mol. The quantitative estimate of drug-likeness (QED) is 0.767. The molecular formula is C9H3ClF3IN2O. The number of halogens is 5. The number of anilines is 1. The number of nitriles is 1. The Hall–Kier alpha value is -1.01. The molecule has 1 aromatic rings. The van der Waals surface area contributed by atoms with Crippen LogP contribution in [0.4, 0.5) is 18.9 Å². The van der Waals surface area contributed by atoms with Gasteiger partial charge in [-0.25, -0.2) is 0 Å². The van der Waals surface area contributed by atoms with Gasteiger partial charge in [-0.3, -0.25) is 4.79 Å². The summed E-state index contributed by atoms with van der Waals surface area (Å²) < 4.78 is 36.4. The van der Waals surface area contributed by atoms with Crippen molar-refractivity contribution >= 4 is 45.8 Å². The average molecular weight is 374 g/mol. The van der Waals surface area contributed by atoms with Gasteiger partial charge in [-0.1, -0.05) is 11.6 Å². The van der Waals surface area contributed by atoms with Crippen molar-refractivity contribution in [1.29, 1.82) is 5.26 Å². The smallest absolute Gasteiger partial charge is 0.317 e. The normalized spacial score (nSPS) is 10.8. The van der Waals surface area contributed by atoms with Crippen LogP contribution >= 0.6 is 34.2 Å². The molecule has 0 aliphatic rings. The van der Waals surface area contributed by atoms with E-state index in [-0.39, 0.29) is 16.3 Å². The summed E-state index contributed by atoms with van der Waals surface area (Å²) in [4.78, 5) is 10.7. The van der Waals surface area contributed by atoms with E-state index in [0.29, 0.717) is 3.57 Å². The summed E-state index contributed by atoms with van der Waals surface area (Å²) in [7, 11) is 0. The van der Waals surface area contributed by atoms with Gasteiger partial charge in [-0.2, -0.15) is 18.4 Å². The molecule has 3 nitrogen and oxygen atoms in total. The van der Waals surface area contributed by atoms with Crippen molar-refractivity contribution < 1.29 is 18.0 Å². The number of benzene rings is 1. The van der Waals surface area contributed by atoms with E-state index in [9.17, 15) is 18.0 Å². The molecule has 0 unspecified atom stereocenters. The summed E-state index contributed by atoms with van der Waals surface area (Å²) in [6.45, 7) is 0. The monoisotopic (exact) mass is 374 g/mol. The maximum atomic E-state index is 12.0. The van der Waals surface area contributed by atoms with Crippen molar-refractivity contribution in [2.75, 3.05) is 5.32 Å². The Bertz CT molecular complexity index is 510. The first-order valence-electron chi connectivity index (χ1n) is 4.03. The molecule has 0 atom stereocenters. The van der Waals surface area contributed by atoms with E-state index in [4.69, 9.17) is 16.9 Å². The highest BCUT2D eigenvalue weighted by molar-refractivity contribution is 14.1. The molecule has 0 radical (unpaired) electrons. The molecular weight excluding hydrogens is 371 g/mol. The molecule has 17 heavy (non-hydrogen) atoms. The molecule has 0 aliphatic heterocycles. The van der Waals surface area contributed by atoms with E-state index >= 15 is 0 Å². The summed E-state index contributed by atoms with van der Waals surface area (Å²) in [5.74, 6) is -2.10. The highest BCUT2D eigenvalue weighted by Gasteiger charge is 2.39. The fourth-order valence-corrected chi connectivity index (χ4v) is 1.92. The highest BCUT2D eigenvalue weighted by Crippen LogP contribution is 2.27. The van der Waals surface area contributed by atoms with Gasteiger partial charge in [0.25, 0.3) is 0 Å². The standard InChI is InChI=1S/C9H3ClF3IN2O/c10-5-2-6(14)7(1-4(5)3-15)16-8(17)9(11,12)13/h1-2H,(H,16,17). The fourth-order valence-electron chi connectivity index (χ4n) is 0.924. The zero-order valence-corrected chi connectivity index (χ0v) is 10.8. The van der Waals surface area contributed by atoms with Gasteiger partial charge in [0.15, 0.2) is 0 Å². The lowest BCUT2D eigenvalue weighted by molar-refractivity contribution is -0.167. The van der Waals surface area contributed by atoms with Gasteiger partial charge in [0.2, 0.25) is 0 Å². The Kier molecular flexibility index (Phi) is 4.21. The summed E-state index contributed by atoms with van der Waals surface area (Å²) in [5.41, 5.74) is -0.113. The van der Waals surface area contributed by atoms with Crippen molar-refractivity contribution in [1.82, 2.24) is 0 Å². The van der Waals surface area contributed by atoms with Crippen LogP contribution in [0.15, 0.2) is 12.1 Å². The van der Waals surface area contributed by atoms with Crippen molar-refractivity contribution in [3.05, 3.63) is 26.3 Å². The van der Waals surface area contributed by atoms with Crippen LogP contribution in [0.5, 0.6) is 0 Å². The first-order chi connectivity index (χ1) is 7.75. The van der Waals surface area contributed by atoms with Crippen LogP contribution in [-0.2, 0) is 4.79 Å². The maximum Gasteiger partial charge on any atom is 0.471 e. The van der Waals surface area contributed by atoms with E-state index in [0.717, 1.165) is 6.07 Å². The molecule has 90 valence electrons. The molecule has 1 rings (SSSR count). The van der Waals surface area contributed by atoms with Gasteiger partial charge in [0.05, 0.1) is 16.3 Å². The molecule has 0 heterocycles. The summed E-state index contributed by atoms with van der Waals surface area (Å²) in [6.07, 6.45) is -4.98. The number of nitrogens with zero attached hydrogens (tertiary/aromatic N) is 1. The number of hydrogen-bond acceptors (Lipinski definition) is 2. The molecule has 0 aliphatic carbocycles. The van der Waals surface area contributed by atoms with Crippen LogP contribution in [-0.4, -0.2) is 12.1 Å². The second-order valence-electron chi connectivity index (χ2n) is 2.88. The number of amides is 1. The van der Waals surface area contributed by atoms with Crippen LogP contribution < -0.4 is 5.32 Å². The Balaban J connectivity index is 3.09. The molecule has 1 amide bonds. The number of nitrogens with one attached hydrogen (secondary N) is 1. The van der Waals surface area contributed by atoms with Gasteiger partial charge in [0, 0.05) is 3.57 Å². The van der Waals surface area contributed by atoms with Gasteiger partial charge in [-0.15, -0.1) is 0 Å². The minimum absolute atomic E-state index is 0.00967. The Morgan fingerprint density at radius 3 is 2.53 bits per heavy atom. The zero-order chi connectivity index (χ0) is 13.2. The molecule has 1 N–H and O–H groups in total. The molecule has 0 saturated carbocycles. The summed E-state index contributed by atoms with van der Waals surface area (Å²) in [6, 6.07) is 4.10. The molecule has 0 bridgehead atoms. The third-order valence-corrected chi connectivity index (χ3v) is 2.89. The van der Waals surface area contributed by atoms with E-state index in [1.54, 1.807) is 34.0 Å². The van der Waals surface area contributed by atoms with Gasteiger partial charge >= 0.3 is 12.1 Å². The van der Waals surface area contributed by atoms with Gasteiger partial charge in [-0.05, 0) is 34.7 Å². The van der Waals surface area contributed by atoms with Crippen LogP contribution in [0, 0.1) is 14.9 Å². The van der Waals surface area contributed by atoms with Crippen molar-refractivity contribution in [3.8, 4) is 6.07 Å². The Morgan fingerprint density at radius 2 is 2.06 bits per heavy atom. The molecule has 0 spiro atoms. The van der Waals surface area contributed by atoms with E-state index in [2.05, 4.69) is 0 Å². The van der Waals surface area contributed by atoms with E-state index in [1.807, 2.05) is 0 Å². The van der Waals surface area contributed by atoms with Crippen molar-refractivity contribution in [2.45, 2.75) is 6.18 Å². The Morgan fingerprint density at radius 1 is 1.47 bits per heavy atom. The maximum absolute atomic E-state index is 12.0. The minimum Gasteiger partial charge on any atom is -0.317 e. The van der Waals surface area contributed by atoms with Crippen molar-refractivity contribution in [2.24, 2.45) is 0 Å². The van der Waals surface area contributed by atoms with Crippen molar-refractivity contribution in [3.63, 3.8) is 0 Å². The minimum atomic E-state index is -4.98. The summed E-state index contributed by atoms with van der Waals surface area (Å²) in [5, 5.41) is 10.4. The summed E-state index contributed by atoms with van der Waals surface area (Å²) >= 11 is 7.37. The largest absolute Gasteiger partial charge is 0.471 e. The second-order valence-corrected chi connectivity index (χ2v) is 4.44. The SMILES string of the molecule is N#Cc1cc(NC(=O)C(F)(F)F)c(I)cc1Cl. The van der Waals surface area contributed by atoms with Gasteiger partial charge < -0.3 is 5.32 Å². The van der Waals surface area contributed by atoms with Crippen LogP contribution in [0.3, 0.4) is 0 Å². The van der Waals surface area contributed by atoms with Crippen LogP contribution in [0.1, 0.15) is 5.56 Å².